The summed E-state index contributed by atoms with van der Waals surface area (Å²) in [5, 5.41) is 12.1. The van der Waals surface area contributed by atoms with Crippen molar-refractivity contribution in [2.75, 3.05) is 0 Å². The predicted octanol–water partition coefficient (Wildman–Crippen LogP) is 3.79. The lowest BCUT2D eigenvalue weighted by Gasteiger charge is -2.20. The third-order valence-corrected chi connectivity index (χ3v) is 3.46. The van der Waals surface area contributed by atoms with Crippen LogP contribution in [-0.2, 0) is 11.8 Å². The third-order valence-electron chi connectivity index (χ3n) is 3.46. The van der Waals surface area contributed by atoms with E-state index < -0.39 is 0 Å². The van der Waals surface area contributed by atoms with Gasteiger partial charge in [-0.05, 0) is 19.8 Å². The molecule has 2 aromatic rings. The van der Waals surface area contributed by atoms with Gasteiger partial charge in [0.05, 0.1) is 5.69 Å². The fraction of sp³-hybridized carbons (Fsp3) is 0.667. The Morgan fingerprint density at radius 2 is 2.00 bits per heavy atom. The van der Waals surface area contributed by atoms with Gasteiger partial charge in [-0.25, -0.2) is 0 Å². The van der Waals surface area contributed by atoms with Crippen molar-refractivity contribution in [1.29, 1.82) is 0 Å². The fourth-order valence-electron chi connectivity index (χ4n) is 2.09. The maximum Gasteiger partial charge on any atom is 0.219 e. The van der Waals surface area contributed by atoms with E-state index in [4.69, 9.17) is 8.94 Å². The third kappa shape index (κ3) is 3.46. The molecule has 0 saturated carbocycles. The Kier molecular flexibility index (Phi) is 4.26. The van der Waals surface area contributed by atoms with E-state index >= 15 is 0 Å². The molecule has 110 valence electrons. The average molecular weight is 277 g/mol. The van der Waals surface area contributed by atoms with E-state index in [0.29, 0.717) is 5.89 Å². The number of nitrogens with zero attached hydrogens (tertiary/aromatic N) is 3. The number of rotatable bonds is 6. The lowest BCUT2D eigenvalue weighted by molar-refractivity contribution is 0.297. The highest BCUT2D eigenvalue weighted by Crippen LogP contribution is 2.29. The monoisotopic (exact) mass is 277 g/mol. The van der Waals surface area contributed by atoms with Crippen molar-refractivity contribution in [3.63, 3.8) is 0 Å². The van der Waals surface area contributed by atoms with Crippen LogP contribution in [0.15, 0.2) is 15.0 Å². The van der Waals surface area contributed by atoms with Crippen molar-refractivity contribution in [2.24, 2.45) is 0 Å². The predicted molar refractivity (Wildman–Crippen MR) is 75.6 cm³/mol. The molecule has 5 heteroatoms. The summed E-state index contributed by atoms with van der Waals surface area (Å²) in [6.07, 6.45) is 2.77. The minimum atomic E-state index is -0.0256. The molecule has 0 unspecified atom stereocenters. The molecular weight excluding hydrogens is 254 g/mol. The molecular formula is C15H23N3O2. The molecule has 2 heterocycles. The van der Waals surface area contributed by atoms with Gasteiger partial charge >= 0.3 is 0 Å². The Morgan fingerprint density at radius 3 is 2.55 bits per heavy atom. The van der Waals surface area contributed by atoms with Crippen LogP contribution in [0.3, 0.4) is 0 Å². The summed E-state index contributed by atoms with van der Waals surface area (Å²) in [5.41, 5.74) is 0.897. The summed E-state index contributed by atoms with van der Waals surface area (Å²) in [4.78, 5) is 0. The molecule has 20 heavy (non-hydrogen) atoms. The van der Waals surface area contributed by atoms with Gasteiger partial charge in [-0.2, -0.15) is 0 Å². The largest absolute Gasteiger partial charge is 0.425 e. The lowest BCUT2D eigenvalue weighted by atomic mass is 9.84. The first-order chi connectivity index (χ1) is 9.38. The van der Waals surface area contributed by atoms with E-state index in [1.807, 2.05) is 26.8 Å². The topological polar surface area (TPSA) is 65.0 Å². The van der Waals surface area contributed by atoms with Gasteiger partial charge in [-0.15, -0.1) is 10.2 Å². The summed E-state index contributed by atoms with van der Waals surface area (Å²) < 4.78 is 11.0. The molecule has 0 amide bonds. The molecule has 0 aliphatic rings. The molecule has 5 nitrogen and oxygen atoms in total. The second kappa shape index (κ2) is 5.77. The molecule has 0 aliphatic heterocycles. The van der Waals surface area contributed by atoms with E-state index in [-0.39, 0.29) is 11.3 Å². The smallest absolute Gasteiger partial charge is 0.219 e. The first-order valence-electron chi connectivity index (χ1n) is 7.14. The zero-order valence-electron chi connectivity index (χ0n) is 12.9. The number of aryl methyl sites for hydroxylation is 2. The van der Waals surface area contributed by atoms with Gasteiger partial charge in [0, 0.05) is 23.8 Å². The van der Waals surface area contributed by atoms with E-state index in [0.717, 1.165) is 36.6 Å². The van der Waals surface area contributed by atoms with Crippen molar-refractivity contribution in [3.8, 4) is 0 Å². The maximum atomic E-state index is 5.61. The average Bonchev–Trinajstić information content (AvgIpc) is 2.98. The highest BCUT2D eigenvalue weighted by Gasteiger charge is 2.25. The highest BCUT2D eigenvalue weighted by molar-refractivity contribution is 5.13. The Balaban J connectivity index is 1.88. The van der Waals surface area contributed by atoms with Gasteiger partial charge < -0.3 is 8.94 Å². The summed E-state index contributed by atoms with van der Waals surface area (Å²) >= 11 is 0. The molecule has 2 rings (SSSR count). The minimum absolute atomic E-state index is 0.0256. The Morgan fingerprint density at radius 1 is 1.25 bits per heavy atom. The Hall–Kier alpha value is -1.65. The highest BCUT2D eigenvalue weighted by atomic mass is 16.5. The lowest BCUT2D eigenvalue weighted by Crippen LogP contribution is -2.16. The molecule has 2 aromatic heterocycles. The molecule has 0 fully saturated rings. The van der Waals surface area contributed by atoms with Crippen LogP contribution in [0.25, 0.3) is 0 Å². The van der Waals surface area contributed by atoms with E-state index in [1.165, 1.54) is 0 Å². The molecule has 0 N–H and O–H groups in total. The van der Waals surface area contributed by atoms with Crippen molar-refractivity contribution >= 4 is 0 Å². The second-order valence-corrected chi connectivity index (χ2v) is 6.26. The molecule has 0 atom stereocenters. The standard InChI is InChI=1S/C15H23N3O2/c1-10(2)14-17-16-13(19-14)7-6-8-15(4,5)12-9-11(3)18-20-12/h9-10H,6-8H2,1-5H3. The zero-order chi connectivity index (χ0) is 14.8. The fourth-order valence-corrected chi connectivity index (χ4v) is 2.09. The van der Waals surface area contributed by atoms with Crippen molar-refractivity contribution < 1.29 is 8.94 Å². The Bertz CT molecular complexity index is 555. The first kappa shape index (κ1) is 14.8. The van der Waals surface area contributed by atoms with Crippen LogP contribution in [0.1, 0.15) is 69.7 Å². The number of hydrogen-bond donors (Lipinski definition) is 0. The van der Waals surface area contributed by atoms with E-state index in [1.54, 1.807) is 0 Å². The maximum absolute atomic E-state index is 5.61. The van der Waals surface area contributed by atoms with Gasteiger partial charge in [-0.1, -0.05) is 32.9 Å². The molecule has 0 aromatic carbocycles. The molecule has 0 spiro atoms. The Labute approximate surface area is 119 Å². The van der Waals surface area contributed by atoms with Crippen molar-refractivity contribution in [2.45, 2.75) is 65.2 Å². The van der Waals surface area contributed by atoms with Crippen LogP contribution in [-0.4, -0.2) is 15.4 Å². The van der Waals surface area contributed by atoms with Gasteiger partial charge in [0.2, 0.25) is 11.8 Å². The van der Waals surface area contributed by atoms with Crippen LogP contribution >= 0.6 is 0 Å². The minimum Gasteiger partial charge on any atom is -0.425 e. The second-order valence-electron chi connectivity index (χ2n) is 6.26. The zero-order valence-corrected chi connectivity index (χ0v) is 12.9. The van der Waals surface area contributed by atoms with Crippen molar-refractivity contribution in [3.05, 3.63) is 29.3 Å². The normalized spacial score (nSPS) is 12.3. The van der Waals surface area contributed by atoms with Crippen LogP contribution in [0.5, 0.6) is 0 Å². The van der Waals surface area contributed by atoms with E-state index in [9.17, 15) is 0 Å². The van der Waals surface area contributed by atoms with E-state index in [2.05, 4.69) is 29.2 Å². The van der Waals surface area contributed by atoms with Crippen LogP contribution in [0.4, 0.5) is 0 Å². The summed E-state index contributed by atoms with van der Waals surface area (Å²) in [7, 11) is 0. The van der Waals surface area contributed by atoms with Gasteiger partial charge in [-0.3, -0.25) is 0 Å². The SMILES string of the molecule is Cc1cc(C(C)(C)CCCc2nnc(C(C)C)o2)on1. The summed E-state index contributed by atoms with van der Waals surface area (Å²) in [5.74, 6) is 2.65. The number of hydrogen-bond acceptors (Lipinski definition) is 5. The molecule has 0 aliphatic carbocycles. The van der Waals surface area contributed by atoms with Crippen LogP contribution in [0, 0.1) is 6.92 Å². The molecule has 0 bridgehead atoms. The summed E-state index contributed by atoms with van der Waals surface area (Å²) in [6.45, 7) is 10.4. The summed E-state index contributed by atoms with van der Waals surface area (Å²) in [6, 6.07) is 2.00. The molecule has 0 radical (unpaired) electrons. The van der Waals surface area contributed by atoms with Gasteiger partial charge in [0.1, 0.15) is 5.76 Å². The first-order valence-corrected chi connectivity index (χ1v) is 7.14. The number of aromatic nitrogens is 3. The molecule has 0 saturated heterocycles. The van der Waals surface area contributed by atoms with Crippen molar-refractivity contribution in [1.82, 2.24) is 15.4 Å². The van der Waals surface area contributed by atoms with Gasteiger partial charge in [0.15, 0.2) is 0 Å². The quantitative estimate of drug-likeness (QED) is 0.803. The van der Waals surface area contributed by atoms with Gasteiger partial charge in [0.25, 0.3) is 0 Å². The van der Waals surface area contributed by atoms with Crippen LogP contribution < -0.4 is 0 Å². The van der Waals surface area contributed by atoms with Crippen LogP contribution in [0.2, 0.25) is 0 Å².